The lowest BCUT2D eigenvalue weighted by Gasteiger charge is -2.32. The Labute approximate surface area is 176 Å². The third kappa shape index (κ3) is 5.15. The fraction of sp³-hybridized carbons (Fsp3) is 0.409. The zero-order valence-electron chi connectivity index (χ0n) is 16.4. The number of nitrogens with zero attached hydrogens (tertiary/aromatic N) is 2. The molecule has 0 aliphatic carbocycles. The largest absolute Gasteiger partial charge is 0.332 e. The maximum Gasteiger partial charge on any atom is 0.237 e. The lowest BCUT2D eigenvalue weighted by Crippen LogP contribution is -2.46. The van der Waals surface area contributed by atoms with Gasteiger partial charge in [0.2, 0.25) is 5.91 Å². The molecule has 29 heavy (non-hydrogen) atoms. The quantitative estimate of drug-likeness (QED) is 0.707. The molecule has 2 aromatic rings. The number of carbonyl (C=O) groups excluding carboxylic acids is 1. The minimum absolute atomic E-state index is 0.0251. The van der Waals surface area contributed by atoms with E-state index in [1.54, 1.807) is 16.2 Å². The van der Waals surface area contributed by atoms with Crippen molar-refractivity contribution in [2.45, 2.75) is 25.4 Å². The van der Waals surface area contributed by atoms with Crippen molar-refractivity contribution in [2.24, 2.45) is 0 Å². The molecular formula is C22H26N2O3S2. The number of carbonyl (C=O) groups is 1. The van der Waals surface area contributed by atoms with E-state index in [-0.39, 0.29) is 23.5 Å². The third-order valence-corrected chi connectivity index (χ3v) is 8.28. The van der Waals surface area contributed by atoms with Gasteiger partial charge >= 0.3 is 0 Å². The van der Waals surface area contributed by atoms with Gasteiger partial charge in [-0.1, -0.05) is 42.5 Å². The van der Waals surface area contributed by atoms with Crippen LogP contribution in [0, 0.1) is 0 Å². The lowest BCUT2D eigenvalue weighted by atomic mass is 9.99. The van der Waals surface area contributed by atoms with Gasteiger partial charge < -0.3 is 4.90 Å². The monoisotopic (exact) mass is 430 g/mol. The third-order valence-electron chi connectivity index (χ3n) is 5.67. The molecule has 1 saturated heterocycles. The van der Waals surface area contributed by atoms with Gasteiger partial charge in [0.15, 0.2) is 9.84 Å². The molecule has 7 heteroatoms. The molecule has 0 saturated carbocycles. The first-order valence-corrected chi connectivity index (χ1v) is 12.7. The summed E-state index contributed by atoms with van der Waals surface area (Å²) in [5.74, 6) is 0.290. The summed E-state index contributed by atoms with van der Waals surface area (Å²) in [5.41, 5.74) is 2.57. The number of benzene rings is 1. The summed E-state index contributed by atoms with van der Waals surface area (Å²) in [7, 11) is -3.04. The fourth-order valence-corrected chi connectivity index (χ4v) is 6.50. The summed E-state index contributed by atoms with van der Waals surface area (Å²) < 4.78 is 24.0. The van der Waals surface area contributed by atoms with Gasteiger partial charge in [0.05, 0.1) is 24.6 Å². The normalized spacial score (nSPS) is 21.7. The van der Waals surface area contributed by atoms with Crippen molar-refractivity contribution in [2.75, 3.05) is 31.1 Å². The van der Waals surface area contributed by atoms with E-state index in [4.69, 9.17) is 0 Å². The van der Waals surface area contributed by atoms with Crippen molar-refractivity contribution < 1.29 is 13.2 Å². The molecule has 5 nitrogen and oxygen atoms in total. The van der Waals surface area contributed by atoms with Crippen LogP contribution in [-0.2, 0) is 21.2 Å². The number of thiophene rings is 1. The molecule has 2 aliphatic rings. The van der Waals surface area contributed by atoms with E-state index in [1.807, 2.05) is 35.7 Å². The maximum atomic E-state index is 13.2. The zero-order chi connectivity index (χ0) is 20.3. The molecule has 3 heterocycles. The van der Waals surface area contributed by atoms with Crippen molar-refractivity contribution in [1.29, 1.82) is 0 Å². The van der Waals surface area contributed by atoms with Gasteiger partial charge in [-0.15, -0.1) is 11.3 Å². The first kappa shape index (κ1) is 20.3. The second kappa shape index (κ2) is 8.81. The highest BCUT2D eigenvalue weighted by Crippen LogP contribution is 2.24. The molecule has 0 spiro atoms. The van der Waals surface area contributed by atoms with Crippen LogP contribution in [0.2, 0.25) is 0 Å². The molecule has 1 aromatic heterocycles. The smallest absolute Gasteiger partial charge is 0.237 e. The first-order valence-electron chi connectivity index (χ1n) is 9.99. The molecular weight excluding hydrogens is 404 g/mol. The van der Waals surface area contributed by atoms with Gasteiger partial charge in [-0.2, -0.15) is 0 Å². The van der Waals surface area contributed by atoms with Crippen molar-refractivity contribution >= 4 is 32.7 Å². The fourth-order valence-electron chi connectivity index (χ4n) is 4.06. The Bertz CT molecular complexity index is 969. The van der Waals surface area contributed by atoms with Crippen molar-refractivity contribution in [3.63, 3.8) is 0 Å². The molecule has 2 aliphatic heterocycles. The van der Waals surface area contributed by atoms with E-state index >= 15 is 0 Å². The minimum Gasteiger partial charge on any atom is -0.332 e. The van der Waals surface area contributed by atoms with E-state index in [0.29, 0.717) is 19.5 Å². The first-order chi connectivity index (χ1) is 14.0. The Morgan fingerprint density at radius 2 is 2.00 bits per heavy atom. The molecule has 0 radical (unpaired) electrons. The Morgan fingerprint density at radius 1 is 1.17 bits per heavy atom. The van der Waals surface area contributed by atoms with Gasteiger partial charge in [-0.25, -0.2) is 8.42 Å². The minimum atomic E-state index is -3.04. The van der Waals surface area contributed by atoms with Gasteiger partial charge in [0, 0.05) is 24.0 Å². The van der Waals surface area contributed by atoms with Gasteiger partial charge in [-0.3, -0.25) is 9.69 Å². The Hall–Kier alpha value is -1.96. The molecule has 4 rings (SSSR count). The van der Waals surface area contributed by atoms with Gasteiger partial charge in [-0.05, 0) is 35.4 Å². The summed E-state index contributed by atoms with van der Waals surface area (Å²) >= 11 is 1.60. The van der Waals surface area contributed by atoms with Crippen LogP contribution in [0.5, 0.6) is 0 Å². The predicted octanol–water partition coefficient (Wildman–Crippen LogP) is 3.05. The molecule has 1 atom stereocenters. The maximum absolute atomic E-state index is 13.2. The van der Waals surface area contributed by atoms with Crippen LogP contribution in [0.25, 0.3) is 5.57 Å². The number of hydrogen-bond acceptors (Lipinski definition) is 5. The van der Waals surface area contributed by atoms with Crippen molar-refractivity contribution in [3.05, 3.63) is 64.4 Å². The molecule has 1 amide bonds. The summed E-state index contributed by atoms with van der Waals surface area (Å²) in [6, 6.07) is 14.1. The van der Waals surface area contributed by atoms with Gasteiger partial charge in [0.1, 0.15) is 0 Å². The highest BCUT2D eigenvalue weighted by atomic mass is 32.2. The predicted molar refractivity (Wildman–Crippen MR) is 117 cm³/mol. The van der Waals surface area contributed by atoms with Crippen LogP contribution >= 0.6 is 11.3 Å². The Kier molecular flexibility index (Phi) is 6.18. The van der Waals surface area contributed by atoms with E-state index < -0.39 is 9.84 Å². The average molecular weight is 431 g/mol. The number of sulfone groups is 1. The highest BCUT2D eigenvalue weighted by Gasteiger charge is 2.35. The Morgan fingerprint density at radius 3 is 2.62 bits per heavy atom. The van der Waals surface area contributed by atoms with Gasteiger partial charge in [0.25, 0.3) is 0 Å². The van der Waals surface area contributed by atoms with E-state index in [0.717, 1.165) is 24.4 Å². The molecule has 1 fully saturated rings. The number of rotatable bonds is 6. The molecule has 0 unspecified atom stereocenters. The average Bonchev–Trinajstić information content (AvgIpc) is 3.36. The van der Waals surface area contributed by atoms with E-state index in [1.165, 1.54) is 11.1 Å². The Balaban J connectivity index is 1.42. The van der Waals surface area contributed by atoms with Crippen LogP contribution in [0.3, 0.4) is 0 Å². The summed E-state index contributed by atoms with van der Waals surface area (Å²) in [5, 5.41) is 1.99. The standard InChI is InChI=1S/C22H26N2O3S2/c25-22(16-23-11-8-19(9-12-23)18-5-2-1-3-6-18)24(15-21-7-4-13-28-21)20-10-14-29(26,27)17-20/h1-8,13,20H,9-12,14-17H2/t20-/m0/s1. The second-order valence-corrected chi connectivity index (χ2v) is 11.0. The second-order valence-electron chi connectivity index (χ2n) is 7.74. The SMILES string of the molecule is O=C(CN1CC=C(c2ccccc2)CC1)N(Cc1cccs1)[C@H]1CCS(=O)(=O)C1. The molecule has 0 bridgehead atoms. The molecule has 1 aromatic carbocycles. The number of amides is 1. The summed E-state index contributed by atoms with van der Waals surface area (Å²) in [4.78, 5) is 18.2. The topological polar surface area (TPSA) is 57.7 Å². The summed E-state index contributed by atoms with van der Waals surface area (Å²) in [6.45, 7) is 2.41. The van der Waals surface area contributed by atoms with Crippen LogP contribution in [0.4, 0.5) is 0 Å². The van der Waals surface area contributed by atoms with Crippen LogP contribution < -0.4 is 0 Å². The van der Waals surface area contributed by atoms with Crippen LogP contribution in [0.15, 0.2) is 53.9 Å². The van der Waals surface area contributed by atoms with Crippen LogP contribution in [0.1, 0.15) is 23.3 Å². The van der Waals surface area contributed by atoms with E-state index in [9.17, 15) is 13.2 Å². The zero-order valence-corrected chi connectivity index (χ0v) is 18.0. The van der Waals surface area contributed by atoms with E-state index in [2.05, 4.69) is 23.1 Å². The van der Waals surface area contributed by atoms with Crippen molar-refractivity contribution in [3.8, 4) is 0 Å². The highest BCUT2D eigenvalue weighted by molar-refractivity contribution is 7.91. The summed E-state index contributed by atoms with van der Waals surface area (Å²) in [6.07, 6.45) is 3.66. The van der Waals surface area contributed by atoms with Crippen LogP contribution in [-0.4, -0.2) is 61.3 Å². The number of hydrogen-bond donors (Lipinski definition) is 0. The lowest BCUT2D eigenvalue weighted by molar-refractivity contribution is -0.134. The van der Waals surface area contributed by atoms with Crippen molar-refractivity contribution in [1.82, 2.24) is 9.80 Å². The molecule has 0 N–H and O–H groups in total. The molecule has 154 valence electrons.